The van der Waals surface area contributed by atoms with Gasteiger partial charge in [-0.3, -0.25) is 0 Å². The van der Waals surface area contributed by atoms with E-state index in [1.54, 1.807) is 0 Å². The fourth-order valence-corrected chi connectivity index (χ4v) is 3.29. The van der Waals surface area contributed by atoms with Crippen LogP contribution in [0.3, 0.4) is 0 Å². The quantitative estimate of drug-likeness (QED) is 0.404. The molecule has 0 saturated heterocycles. The highest BCUT2D eigenvalue weighted by molar-refractivity contribution is 6.30. The van der Waals surface area contributed by atoms with Crippen LogP contribution in [0.25, 0.3) is 10.9 Å². The van der Waals surface area contributed by atoms with Crippen molar-refractivity contribution >= 4 is 28.5 Å². The number of amides is 2. The Morgan fingerprint density at radius 3 is 2.76 bits per heavy atom. The summed E-state index contributed by atoms with van der Waals surface area (Å²) in [6.45, 7) is -2.21. The van der Waals surface area contributed by atoms with Gasteiger partial charge in [0.2, 0.25) is 0 Å². The SMILES string of the molecule is NC(=O)N[C@H](COCCCc1nc(Cl)cc2cnn(C(F)F)c12)c1ccccc1. The fourth-order valence-electron chi connectivity index (χ4n) is 3.07. The number of fused-ring (bicyclic) bond motifs is 1. The zero-order valence-corrected chi connectivity index (χ0v) is 16.1. The molecule has 7 nitrogen and oxygen atoms in total. The first kappa shape index (κ1) is 20.9. The maximum absolute atomic E-state index is 13.2. The highest BCUT2D eigenvalue weighted by Gasteiger charge is 2.17. The molecule has 0 aliphatic carbocycles. The van der Waals surface area contributed by atoms with Crippen molar-refractivity contribution in [3.8, 4) is 0 Å². The molecule has 3 rings (SSSR count). The van der Waals surface area contributed by atoms with Crippen LogP contribution in [0.2, 0.25) is 5.15 Å². The number of primary amides is 1. The lowest BCUT2D eigenvalue weighted by atomic mass is 10.1. The number of halogens is 3. The van der Waals surface area contributed by atoms with Gasteiger partial charge in [-0.1, -0.05) is 41.9 Å². The normalized spacial score (nSPS) is 12.4. The van der Waals surface area contributed by atoms with E-state index in [9.17, 15) is 13.6 Å². The second-order valence-corrected chi connectivity index (χ2v) is 6.73. The molecule has 1 aromatic carbocycles. The summed E-state index contributed by atoms with van der Waals surface area (Å²) in [5.41, 5.74) is 6.80. The molecular formula is C19H20ClF2N5O2. The molecule has 0 bridgehead atoms. The summed E-state index contributed by atoms with van der Waals surface area (Å²) < 4.78 is 32.7. The molecule has 3 N–H and O–H groups in total. The summed E-state index contributed by atoms with van der Waals surface area (Å²) in [6, 6.07) is 9.78. The highest BCUT2D eigenvalue weighted by Crippen LogP contribution is 2.25. The number of nitrogens with zero attached hydrogens (tertiary/aromatic N) is 3. The van der Waals surface area contributed by atoms with Crippen molar-refractivity contribution in [2.45, 2.75) is 25.4 Å². The molecule has 154 valence electrons. The Balaban J connectivity index is 1.60. The molecule has 0 saturated carbocycles. The van der Waals surface area contributed by atoms with E-state index < -0.39 is 12.6 Å². The zero-order valence-electron chi connectivity index (χ0n) is 15.4. The number of carbonyl (C=O) groups excluding carboxylic acids is 1. The van der Waals surface area contributed by atoms with Crippen LogP contribution >= 0.6 is 11.6 Å². The number of ether oxygens (including phenoxy) is 1. The largest absolute Gasteiger partial charge is 0.379 e. The van der Waals surface area contributed by atoms with E-state index in [0.717, 1.165) is 5.56 Å². The number of hydrogen-bond acceptors (Lipinski definition) is 4. The highest BCUT2D eigenvalue weighted by atomic mass is 35.5. The lowest BCUT2D eigenvalue weighted by molar-refractivity contribution is 0.0612. The molecule has 0 radical (unpaired) electrons. The summed E-state index contributed by atoms with van der Waals surface area (Å²) in [7, 11) is 0. The van der Waals surface area contributed by atoms with Crippen LogP contribution in [0.5, 0.6) is 0 Å². The van der Waals surface area contributed by atoms with E-state index in [0.29, 0.717) is 35.2 Å². The van der Waals surface area contributed by atoms with Crippen LogP contribution in [-0.4, -0.2) is 34.0 Å². The Labute approximate surface area is 170 Å². The number of alkyl halides is 2. The minimum atomic E-state index is -2.77. The zero-order chi connectivity index (χ0) is 20.8. The van der Waals surface area contributed by atoms with Crippen molar-refractivity contribution in [2.75, 3.05) is 13.2 Å². The number of pyridine rings is 1. The fraction of sp³-hybridized carbons (Fsp3) is 0.316. The first-order valence-electron chi connectivity index (χ1n) is 8.95. The minimum Gasteiger partial charge on any atom is -0.379 e. The third-order valence-corrected chi connectivity index (χ3v) is 4.50. The monoisotopic (exact) mass is 423 g/mol. The number of carbonyl (C=O) groups is 1. The summed E-state index contributed by atoms with van der Waals surface area (Å²) in [6.07, 6.45) is 2.25. The molecule has 2 heterocycles. The van der Waals surface area contributed by atoms with Crippen molar-refractivity contribution < 1.29 is 18.3 Å². The average Bonchev–Trinajstić information content (AvgIpc) is 3.11. The van der Waals surface area contributed by atoms with E-state index in [1.807, 2.05) is 30.3 Å². The molecule has 10 heteroatoms. The summed E-state index contributed by atoms with van der Waals surface area (Å²) in [4.78, 5) is 15.4. The lowest BCUT2D eigenvalue weighted by Crippen LogP contribution is -2.35. The van der Waals surface area contributed by atoms with Crippen molar-refractivity contribution in [1.82, 2.24) is 20.1 Å². The Hall–Kier alpha value is -2.78. The molecule has 0 fully saturated rings. The lowest BCUT2D eigenvalue weighted by Gasteiger charge is -2.18. The first-order chi connectivity index (χ1) is 14.0. The van der Waals surface area contributed by atoms with Gasteiger partial charge in [0.25, 0.3) is 0 Å². The van der Waals surface area contributed by atoms with Crippen LogP contribution in [0.1, 0.15) is 30.3 Å². The van der Waals surface area contributed by atoms with Gasteiger partial charge in [-0.05, 0) is 24.5 Å². The van der Waals surface area contributed by atoms with Gasteiger partial charge in [0.1, 0.15) is 5.15 Å². The molecular weight excluding hydrogens is 404 g/mol. The maximum Gasteiger partial charge on any atom is 0.333 e. The molecule has 2 amide bonds. The number of nitrogens with one attached hydrogen (secondary N) is 1. The van der Waals surface area contributed by atoms with Crippen LogP contribution in [0.4, 0.5) is 13.6 Å². The van der Waals surface area contributed by atoms with Gasteiger partial charge in [0.05, 0.1) is 30.1 Å². The van der Waals surface area contributed by atoms with Crippen LogP contribution in [-0.2, 0) is 11.2 Å². The third-order valence-electron chi connectivity index (χ3n) is 4.30. The van der Waals surface area contributed by atoms with E-state index in [2.05, 4.69) is 15.4 Å². The summed E-state index contributed by atoms with van der Waals surface area (Å²) in [5.74, 6) is 0. The number of hydrogen-bond donors (Lipinski definition) is 2. The van der Waals surface area contributed by atoms with Gasteiger partial charge < -0.3 is 15.8 Å². The first-order valence-corrected chi connectivity index (χ1v) is 9.33. The number of benzene rings is 1. The van der Waals surface area contributed by atoms with Gasteiger partial charge in [-0.15, -0.1) is 0 Å². The molecule has 0 aliphatic heterocycles. The number of aryl methyl sites for hydroxylation is 1. The molecule has 2 aromatic heterocycles. The molecule has 0 unspecified atom stereocenters. The summed E-state index contributed by atoms with van der Waals surface area (Å²) in [5, 5.41) is 7.08. The van der Waals surface area contributed by atoms with Crippen molar-refractivity contribution in [3.05, 3.63) is 59.0 Å². The molecule has 29 heavy (non-hydrogen) atoms. The molecule has 0 spiro atoms. The predicted molar refractivity (Wildman–Crippen MR) is 105 cm³/mol. The molecule has 1 atom stereocenters. The second kappa shape index (κ2) is 9.62. The average molecular weight is 424 g/mol. The minimum absolute atomic E-state index is 0.219. The number of rotatable bonds is 9. The molecule has 0 aliphatic rings. The Kier molecular flexibility index (Phi) is 6.95. The number of aromatic nitrogens is 3. The Morgan fingerprint density at radius 2 is 2.07 bits per heavy atom. The third kappa shape index (κ3) is 5.39. The van der Waals surface area contributed by atoms with Gasteiger partial charge >= 0.3 is 12.6 Å². The van der Waals surface area contributed by atoms with E-state index in [-0.39, 0.29) is 23.3 Å². The van der Waals surface area contributed by atoms with E-state index in [1.165, 1.54) is 12.3 Å². The molecule has 3 aromatic rings. The second-order valence-electron chi connectivity index (χ2n) is 6.35. The standard InChI is InChI=1S/C19H20ClF2N5O2/c20-16-9-13-10-24-27(18(21)22)17(13)14(25-16)7-4-8-29-11-15(26-19(23)28)12-5-2-1-3-6-12/h1-3,5-6,9-10,15,18H,4,7-8,11H2,(H3,23,26,28)/t15-/m1/s1. The van der Waals surface area contributed by atoms with E-state index in [4.69, 9.17) is 22.1 Å². The van der Waals surface area contributed by atoms with Crippen LogP contribution < -0.4 is 11.1 Å². The van der Waals surface area contributed by atoms with Crippen LogP contribution in [0.15, 0.2) is 42.6 Å². The van der Waals surface area contributed by atoms with E-state index >= 15 is 0 Å². The number of nitrogens with two attached hydrogens (primary N) is 1. The summed E-state index contributed by atoms with van der Waals surface area (Å²) >= 11 is 5.99. The van der Waals surface area contributed by atoms with Gasteiger partial charge in [0.15, 0.2) is 0 Å². The van der Waals surface area contributed by atoms with Crippen LogP contribution in [0, 0.1) is 0 Å². The van der Waals surface area contributed by atoms with Crippen molar-refractivity contribution in [1.29, 1.82) is 0 Å². The van der Waals surface area contributed by atoms with Gasteiger partial charge in [-0.2, -0.15) is 13.9 Å². The van der Waals surface area contributed by atoms with Gasteiger partial charge in [-0.25, -0.2) is 14.5 Å². The Bertz CT molecular complexity index is 968. The van der Waals surface area contributed by atoms with Gasteiger partial charge in [0, 0.05) is 12.0 Å². The predicted octanol–water partition coefficient (Wildman–Crippen LogP) is 3.84. The van der Waals surface area contributed by atoms with Crippen molar-refractivity contribution in [3.63, 3.8) is 0 Å². The topological polar surface area (TPSA) is 95.1 Å². The Morgan fingerprint density at radius 1 is 1.31 bits per heavy atom. The number of urea groups is 1. The smallest absolute Gasteiger partial charge is 0.333 e. The maximum atomic E-state index is 13.2. The van der Waals surface area contributed by atoms with Crippen molar-refractivity contribution in [2.24, 2.45) is 5.73 Å².